The third kappa shape index (κ3) is 3.05. The van der Waals surface area contributed by atoms with Crippen LogP contribution in [0.2, 0.25) is 39.3 Å². The Morgan fingerprint density at radius 3 is 2.52 bits per heavy atom. The average Bonchev–Trinajstić information content (AvgIpc) is 2.94. The van der Waals surface area contributed by atoms with Crippen LogP contribution in [-0.2, 0) is 16.3 Å². The highest BCUT2D eigenvalue weighted by Crippen LogP contribution is 2.64. The van der Waals surface area contributed by atoms with Crippen LogP contribution in [0.3, 0.4) is 0 Å². The highest BCUT2D eigenvalue weighted by Gasteiger charge is 2.66. The second kappa shape index (κ2) is 6.34. The number of hydrogen-bond donors (Lipinski definition) is 0. The summed E-state index contributed by atoms with van der Waals surface area (Å²) < 4.78 is 20.2. The minimum Gasteiger partial charge on any atom is -0.542 e. The van der Waals surface area contributed by atoms with E-state index < -0.39 is 16.6 Å². The van der Waals surface area contributed by atoms with Crippen molar-refractivity contribution in [2.45, 2.75) is 88.6 Å². The molecule has 6 heteroatoms. The molecule has 1 saturated carbocycles. The zero-order valence-electron chi connectivity index (χ0n) is 19.2. The van der Waals surface area contributed by atoms with Crippen molar-refractivity contribution in [3.05, 3.63) is 23.3 Å². The van der Waals surface area contributed by atoms with E-state index in [0.717, 1.165) is 30.9 Å². The minimum absolute atomic E-state index is 0.113. The molecule has 5 unspecified atom stereocenters. The smallest absolute Gasteiger partial charge is 0.242 e. The van der Waals surface area contributed by atoms with Gasteiger partial charge < -0.3 is 18.5 Å². The molecular formula is C23H37NO3Si2. The SMILES string of the molecule is CN1CCC23c4c5ccc(O[Si](C)(C)C)c4OC2C(O[Si](C)(C)C)CCC3C1C5. The molecule has 1 spiro atoms. The predicted molar refractivity (Wildman–Crippen MR) is 122 cm³/mol. The number of piperidine rings is 1. The second-order valence-electron chi connectivity index (χ2n) is 11.7. The van der Waals surface area contributed by atoms with Crippen LogP contribution in [0, 0.1) is 5.92 Å². The summed E-state index contributed by atoms with van der Waals surface area (Å²) in [6.45, 7) is 14.8. The highest BCUT2D eigenvalue weighted by molar-refractivity contribution is 6.70. The quantitative estimate of drug-likeness (QED) is 0.642. The summed E-state index contributed by atoms with van der Waals surface area (Å²) in [4.78, 5) is 2.61. The van der Waals surface area contributed by atoms with Crippen molar-refractivity contribution in [2.75, 3.05) is 13.6 Å². The van der Waals surface area contributed by atoms with Crippen molar-refractivity contribution in [3.8, 4) is 11.5 Å². The first-order valence-electron chi connectivity index (χ1n) is 11.4. The third-order valence-corrected chi connectivity index (χ3v) is 9.29. The lowest BCUT2D eigenvalue weighted by Crippen LogP contribution is -2.67. The molecule has 1 saturated heterocycles. The summed E-state index contributed by atoms with van der Waals surface area (Å²) in [6.07, 6.45) is 5.05. The van der Waals surface area contributed by atoms with E-state index in [2.05, 4.69) is 63.4 Å². The summed E-state index contributed by atoms with van der Waals surface area (Å²) in [5, 5.41) is 0. The van der Waals surface area contributed by atoms with Gasteiger partial charge in [0.25, 0.3) is 0 Å². The highest BCUT2D eigenvalue weighted by atomic mass is 28.4. The largest absolute Gasteiger partial charge is 0.542 e. The summed E-state index contributed by atoms with van der Waals surface area (Å²) in [5.41, 5.74) is 3.10. The van der Waals surface area contributed by atoms with Gasteiger partial charge in [-0.3, -0.25) is 0 Å². The van der Waals surface area contributed by atoms with E-state index in [-0.39, 0.29) is 17.6 Å². The van der Waals surface area contributed by atoms with Gasteiger partial charge in [-0.2, -0.15) is 0 Å². The fourth-order valence-corrected chi connectivity index (χ4v) is 8.63. The molecule has 0 radical (unpaired) electrons. The predicted octanol–water partition coefficient (Wildman–Crippen LogP) is 4.79. The monoisotopic (exact) mass is 431 g/mol. The molecule has 5 rings (SSSR count). The first-order valence-corrected chi connectivity index (χ1v) is 18.2. The number of nitrogens with zero attached hydrogens (tertiary/aromatic N) is 1. The minimum atomic E-state index is -1.72. The Kier molecular flexibility index (Phi) is 4.40. The van der Waals surface area contributed by atoms with Crippen molar-refractivity contribution in [3.63, 3.8) is 0 Å². The molecule has 0 N–H and O–H groups in total. The Labute approximate surface area is 178 Å². The molecule has 1 aromatic rings. The fraction of sp³-hybridized carbons (Fsp3) is 0.739. The van der Waals surface area contributed by atoms with Gasteiger partial charge in [-0.1, -0.05) is 6.07 Å². The maximum Gasteiger partial charge on any atom is 0.242 e. The molecule has 160 valence electrons. The molecule has 2 heterocycles. The molecule has 0 amide bonds. The van der Waals surface area contributed by atoms with E-state index in [4.69, 9.17) is 13.6 Å². The molecule has 2 fully saturated rings. The summed E-state index contributed by atoms with van der Waals surface area (Å²) >= 11 is 0. The molecule has 1 aromatic carbocycles. The molecule has 4 aliphatic rings. The van der Waals surface area contributed by atoms with Crippen molar-refractivity contribution in [2.24, 2.45) is 5.92 Å². The maximum absolute atomic E-state index is 6.93. The first kappa shape index (κ1) is 20.1. The van der Waals surface area contributed by atoms with Crippen LogP contribution in [0.4, 0.5) is 0 Å². The van der Waals surface area contributed by atoms with Crippen LogP contribution < -0.4 is 9.16 Å². The molecular weight excluding hydrogens is 394 g/mol. The fourth-order valence-electron chi connectivity index (χ4n) is 6.66. The number of likely N-dealkylation sites (tertiary alicyclic amines) is 1. The van der Waals surface area contributed by atoms with Gasteiger partial charge in [-0.05, 0) is 96.1 Å². The number of benzene rings is 1. The van der Waals surface area contributed by atoms with Gasteiger partial charge in [0.05, 0.1) is 6.10 Å². The molecule has 0 aromatic heterocycles. The van der Waals surface area contributed by atoms with Crippen molar-refractivity contribution in [1.29, 1.82) is 0 Å². The van der Waals surface area contributed by atoms with Gasteiger partial charge in [0.1, 0.15) is 11.9 Å². The lowest BCUT2D eigenvalue weighted by Gasteiger charge is -2.59. The molecule has 4 nitrogen and oxygen atoms in total. The lowest BCUT2D eigenvalue weighted by atomic mass is 9.51. The van der Waals surface area contributed by atoms with Gasteiger partial charge in [0.15, 0.2) is 14.1 Å². The Hall–Kier alpha value is -0.826. The van der Waals surface area contributed by atoms with Crippen molar-refractivity contribution >= 4 is 16.6 Å². The molecule has 2 aliphatic heterocycles. The van der Waals surface area contributed by atoms with Gasteiger partial charge in [-0.25, -0.2) is 0 Å². The van der Waals surface area contributed by atoms with Crippen LogP contribution in [0.1, 0.15) is 30.4 Å². The first-order chi connectivity index (χ1) is 13.5. The standard InChI is InChI=1S/C23H37NO3Si2/c1-24-13-12-23-16-9-11-19(27-29(5,6)7)22(23)25-21-18(26-28(2,3)4)10-8-15(20(21)23)14-17(16)24/h8,10,16-17,19,22H,9,11-14H2,1-7H3. The summed E-state index contributed by atoms with van der Waals surface area (Å²) in [6, 6.07) is 5.16. The Morgan fingerprint density at radius 1 is 1.07 bits per heavy atom. The van der Waals surface area contributed by atoms with Gasteiger partial charge in [-0.15, -0.1) is 0 Å². The van der Waals surface area contributed by atoms with Crippen LogP contribution in [0.25, 0.3) is 0 Å². The van der Waals surface area contributed by atoms with E-state index in [9.17, 15) is 0 Å². The number of hydrogen-bond acceptors (Lipinski definition) is 4. The zero-order chi connectivity index (χ0) is 20.8. The summed E-state index contributed by atoms with van der Waals surface area (Å²) in [5.74, 6) is 2.71. The van der Waals surface area contributed by atoms with Gasteiger partial charge in [0, 0.05) is 17.0 Å². The van der Waals surface area contributed by atoms with Gasteiger partial charge in [0.2, 0.25) is 8.32 Å². The molecule has 5 atom stereocenters. The maximum atomic E-state index is 6.93. The molecule has 2 aliphatic carbocycles. The summed E-state index contributed by atoms with van der Waals surface area (Å²) in [7, 11) is -1.05. The Bertz CT molecular complexity index is 831. The average molecular weight is 432 g/mol. The van der Waals surface area contributed by atoms with Crippen LogP contribution >= 0.6 is 0 Å². The van der Waals surface area contributed by atoms with Crippen molar-refractivity contribution in [1.82, 2.24) is 4.90 Å². The normalized spacial score (nSPS) is 35.8. The Balaban J connectivity index is 1.66. The number of likely N-dealkylation sites (N-methyl/N-ethyl adjacent to an activating group) is 1. The number of ether oxygens (including phenoxy) is 1. The lowest BCUT2D eigenvalue weighted by molar-refractivity contribution is -0.0935. The second-order valence-corrected chi connectivity index (χ2v) is 20.6. The zero-order valence-corrected chi connectivity index (χ0v) is 21.2. The molecule has 2 bridgehead atoms. The van der Waals surface area contributed by atoms with E-state index >= 15 is 0 Å². The topological polar surface area (TPSA) is 30.9 Å². The van der Waals surface area contributed by atoms with E-state index in [1.807, 2.05) is 0 Å². The van der Waals surface area contributed by atoms with E-state index in [1.54, 1.807) is 0 Å². The van der Waals surface area contributed by atoms with Gasteiger partial charge >= 0.3 is 0 Å². The molecule has 29 heavy (non-hydrogen) atoms. The van der Waals surface area contributed by atoms with Crippen molar-refractivity contribution < 1.29 is 13.6 Å². The Morgan fingerprint density at radius 2 is 1.83 bits per heavy atom. The van der Waals surface area contributed by atoms with Crippen LogP contribution in [-0.4, -0.2) is 53.4 Å². The number of rotatable bonds is 4. The van der Waals surface area contributed by atoms with E-state index in [1.165, 1.54) is 24.0 Å². The third-order valence-electron chi connectivity index (χ3n) is 7.45. The van der Waals surface area contributed by atoms with Crippen LogP contribution in [0.5, 0.6) is 11.5 Å². The van der Waals surface area contributed by atoms with E-state index in [0.29, 0.717) is 12.0 Å². The van der Waals surface area contributed by atoms with Crippen LogP contribution in [0.15, 0.2) is 12.1 Å².